The van der Waals surface area contributed by atoms with Gasteiger partial charge in [0.1, 0.15) is 11.4 Å². The Labute approximate surface area is 147 Å². The van der Waals surface area contributed by atoms with Gasteiger partial charge in [0.25, 0.3) is 0 Å². The average molecular weight is 349 g/mol. The maximum Gasteiger partial charge on any atom is 0.484 e. The van der Waals surface area contributed by atoms with Crippen molar-refractivity contribution in [1.29, 1.82) is 0 Å². The average Bonchev–Trinajstić information content (AvgIpc) is 3.23. The summed E-state index contributed by atoms with van der Waals surface area (Å²) in [5.41, 5.74) is 4.29. The van der Waals surface area contributed by atoms with Crippen molar-refractivity contribution in [3.05, 3.63) is 96.1 Å². The van der Waals surface area contributed by atoms with Crippen molar-refractivity contribution >= 4 is 19.4 Å². The Morgan fingerprint density at radius 2 is 0.960 bits per heavy atom. The lowest BCUT2D eigenvalue weighted by Gasteiger charge is -2.12. The van der Waals surface area contributed by atoms with E-state index in [1.807, 2.05) is 60.7 Å². The van der Waals surface area contributed by atoms with Crippen molar-refractivity contribution in [3.63, 3.8) is 0 Å². The van der Waals surface area contributed by atoms with Gasteiger partial charge in [0.15, 0.2) is 12.2 Å². The number of benzene rings is 3. The summed E-state index contributed by atoms with van der Waals surface area (Å²) in [6, 6.07) is 28.6. The SMILES string of the molecule is c1ccc(C2O[P+]3(Nc4ccccc4N3)OC2c2ccccc2)cc1. The van der Waals surface area contributed by atoms with Crippen molar-refractivity contribution in [3.8, 4) is 0 Å². The van der Waals surface area contributed by atoms with Gasteiger partial charge in [-0.25, -0.2) is 0 Å². The van der Waals surface area contributed by atoms with Crippen LogP contribution in [0.25, 0.3) is 0 Å². The number of anilines is 2. The number of fused-ring (bicyclic) bond motifs is 1. The zero-order valence-corrected chi connectivity index (χ0v) is 14.4. The highest BCUT2D eigenvalue weighted by Gasteiger charge is 2.62. The smallest absolute Gasteiger partial charge is 0.189 e. The molecule has 1 fully saturated rings. The molecule has 5 heteroatoms. The van der Waals surface area contributed by atoms with Crippen LogP contribution < -0.4 is 10.2 Å². The number of hydrogen-bond donors (Lipinski definition) is 2. The van der Waals surface area contributed by atoms with E-state index in [0.717, 1.165) is 22.5 Å². The molecule has 2 aliphatic rings. The molecule has 4 nitrogen and oxygen atoms in total. The molecule has 124 valence electrons. The fourth-order valence-corrected chi connectivity index (χ4v) is 5.79. The molecule has 25 heavy (non-hydrogen) atoms. The molecular weight excluding hydrogens is 331 g/mol. The second kappa shape index (κ2) is 5.85. The third kappa shape index (κ3) is 2.59. The van der Waals surface area contributed by atoms with Gasteiger partial charge in [-0.05, 0) is 23.3 Å². The van der Waals surface area contributed by atoms with E-state index in [0.29, 0.717) is 0 Å². The van der Waals surface area contributed by atoms with Gasteiger partial charge >= 0.3 is 8.02 Å². The Bertz CT molecular complexity index is 814. The molecule has 5 rings (SSSR count). The van der Waals surface area contributed by atoms with E-state index in [9.17, 15) is 0 Å². The number of rotatable bonds is 2. The standard InChI is InChI=1S/C20H18N2O2P/c1-3-9-15(10-4-1)19-20(16-11-5-2-6-12-16)24-25(23-19)21-17-13-7-8-14-18(17)22-25/h1-14,19-22H/q+1. The lowest BCUT2D eigenvalue weighted by Crippen LogP contribution is -2.06. The van der Waals surface area contributed by atoms with Gasteiger partial charge in [0.05, 0.1) is 0 Å². The van der Waals surface area contributed by atoms with Crippen molar-refractivity contribution in [2.24, 2.45) is 0 Å². The second-order valence-corrected chi connectivity index (χ2v) is 8.17. The Morgan fingerprint density at radius 3 is 1.40 bits per heavy atom. The van der Waals surface area contributed by atoms with Crippen molar-refractivity contribution < 1.29 is 9.05 Å². The monoisotopic (exact) mass is 349 g/mol. The molecule has 2 unspecified atom stereocenters. The van der Waals surface area contributed by atoms with E-state index < -0.39 is 8.02 Å². The van der Waals surface area contributed by atoms with E-state index in [2.05, 4.69) is 34.4 Å². The van der Waals surface area contributed by atoms with Crippen molar-refractivity contribution in [2.45, 2.75) is 12.2 Å². The van der Waals surface area contributed by atoms with Crippen LogP contribution in [-0.2, 0) is 9.05 Å². The van der Waals surface area contributed by atoms with Crippen molar-refractivity contribution in [2.75, 3.05) is 10.2 Å². The lowest BCUT2D eigenvalue weighted by molar-refractivity contribution is 0.159. The Balaban J connectivity index is 1.54. The number of hydrogen-bond acceptors (Lipinski definition) is 4. The van der Waals surface area contributed by atoms with Crippen LogP contribution in [0.3, 0.4) is 0 Å². The van der Waals surface area contributed by atoms with Crippen LogP contribution in [0.2, 0.25) is 0 Å². The van der Waals surface area contributed by atoms with E-state index in [1.165, 1.54) is 0 Å². The van der Waals surface area contributed by atoms with E-state index >= 15 is 0 Å². The zero-order valence-electron chi connectivity index (χ0n) is 13.5. The Morgan fingerprint density at radius 1 is 0.560 bits per heavy atom. The van der Waals surface area contributed by atoms with Crippen LogP contribution in [0.4, 0.5) is 11.4 Å². The third-order valence-electron chi connectivity index (χ3n) is 4.52. The van der Waals surface area contributed by atoms with Crippen LogP contribution in [0.5, 0.6) is 0 Å². The molecule has 3 aromatic carbocycles. The Kier molecular flexibility index (Phi) is 3.49. The minimum Gasteiger partial charge on any atom is -0.189 e. The van der Waals surface area contributed by atoms with Crippen LogP contribution in [-0.4, -0.2) is 0 Å². The van der Waals surface area contributed by atoms with Crippen LogP contribution >= 0.6 is 8.02 Å². The minimum absolute atomic E-state index is 0.161. The lowest BCUT2D eigenvalue weighted by atomic mass is 9.99. The first-order valence-corrected chi connectivity index (χ1v) is 9.97. The summed E-state index contributed by atoms with van der Waals surface area (Å²) in [4.78, 5) is 0. The molecule has 1 saturated heterocycles. The number of nitrogens with one attached hydrogen (secondary N) is 2. The molecule has 0 saturated carbocycles. The largest absolute Gasteiger partial charge is 0.484 e. The molecule has 3 aromatic rings. The first-order valence-electron chi connectivity index (χ1n) is 8.34. The quantitative estimate of drug-likeness (QED) is 0.580. The summed E-state index contributed by atoms with van der Waals surface area (Å²) < 4.78 is 13.0. The predicted molar refractivity (Wildman–Crippen MR) is 101 cm³/mol. The van der Waals surface area contributed by atoms with E-state index in [4.69, 9.17) is 9.05 Å². The second-order valence-electron chi connectivity index (χ2n) is 6.19. The van der Waals surface area contributed by atoms with Gasteiger partial charge in [-0.1, -0.05) is 72.8 Å². The molecule has 1 spiro atoms. The highest BCUT2D eigenvalue weighted by molar-refractivity contribution is 7.70. The van der Waals surface area contributed by atoms with E-state index in [-0.39, 0.29) is 12.2 Å². The van der Waals surface area contributed by atoms with Gasteiger partial charge in [-0.2, -0.15) is 19.2 Å². The minimum atomic E-state index is -2.42. The maximum atomic E-state index is 6.51. The summed E-state index contributed by atoms with van der Waals surface area (Å²) >= 11 is 0. The molecule has 2 N–H and O–H groups in total. The van der Waals surface area contributed by atoms with Crippen molar-refractivity contribution in [1.82, 2.24) is 0 Å². The fraction of sp³-hybridized carbons (Fsp3) is 0.100. The molecule has 2 atom stereocenters. The molecule has 0 aliphatic carbocycles. The summed E-state index contributed by atoms with van der Waals surface area (Å²) in [6.07, 6.45) is -0.322. The van der Waals surface area contributed by atoms with Gasteiger partial charge in [0.2, 0.25) is 0 Å². The summed E-state index contributed by atoms with van der Waals surface area (Å²) in [5.74, 6) is 0. The highest BCUT2D eigenvalue weighted by Crippen LogP contribution is 2.75. The summed E-state index contributed by atoms with van der Waals surface area (Å²) in [7, 11) is -2.42. The molecule has 2 aliphatic heterocycles. The van der Waals surface area contributed by atoms with E-state index in [1.54, 1.807) is 0 Å². The van der Waals surface area contributed by atoms with Crippen LogP contribution in [0, 0.1) is 0 Å². The summed E-state index contributed by atoms with van der Waals surface area (Å²) in [6.45, 7) is 0. The van der Waals surface area contributed by atoms with Gasteiger partial charge < -0.3 is 0 Å². The molecule has 2 heterocycles. The van der Waals surface area contributed by atoms with Gasteiger partial charge in [0, 0.05) is 0 Å². The summed E-state index contributed by atoms with van der Waals surface area (Å²) in [5, 5.41) is 6.93. The molecule has 0 bridgehead atoms. The molecule has 0 radical (unpaired) electrons. The maximum absolute atomic E-state index is 6.51. The number of para-hydroxylation sites is 2. The molecular formula is C20H18N2O2P+. The Hall–Kier alpha value is -2.39. The van der Waals surface area contributed by atoms with Crippen LogP contribution in [0.1, 0.15) is 23.3 Å². The zero-order chi connectivity index (χ0) is 16.7. The first-order chi connectivity index (χ1) is 12.3. The molecule has 0 aromatic heterocycles. The van der Waals surface area contributed by atoms with Gasteiger partial charge in [-0.15, -0.1) is 0 Å². The fourth-order valence-electron chi connectivity index (χ4n) is 3.34. The normalized spacial score (nSPS) is 23.0. The first kappa shape index (κ1) is 14.9. The highest BCUT2D eigenvalue weighted by atomic mass is 31.2. The van der Waals surface area contributed by atoms with Crippen LogP contribution in [0.15, 0.2) is 84.9 Å². The topological polar surface area (TPSA) is 42.5 Å². The van der Waals surface area contributed by atoms with Gasteiger partial charge in [-0.3, -0.25) is 0 Å². The molecule has 0 amide bonds. The predicted octanol–water partition coefficient (Wildman–Crippen LogP) is 5.73. The third-order valence-corrected chi connectivity index (χ3v) is 6.64.